The van der Waals surface area contributed by atoms with Gasteiger partial charge in [-0.3, -0.25) is 34.0 Å². The van der Waals surface area contributed by atoms with Crippen LogP contribution in [-0.2, 0) is 30.4 Å². The number of halogens is 1. The van der Waals surface area contributed by atoms with Gasteiger partial charge in [0.2, 0.25) is 29.5 Å². The maximum atomic E-state index is 13.8. The van der Waals surface area contributed by atoms with E-state index in [1.807, 2.05) is 32.0 Å². The minimum absolute atomic E-state index is 0.0323. The molecule has 5 amide bonds. The minimum Gasteiger partial charge on any atom is -0.370 e. The SMILES string of the molecule is CC(C)C[C@H](NC(=O)[C@H](CCCN=C(N)N)NC(=O)[C@H](Cc1ccc(F)cc1)NC(=O)/C=C/c1ccccc1)C(=O)N[C@@H](CCCN=C(N)N)C(N)=O. The summed E-state index contributed by atoms with van der Waals surface area (Å²) in [7, 11) is 0. The second-order valence-electron chi connectivity index (χ2n) is 12.7. The van der Waals surface area contributed by atoms with Crippen molar-refractivity contribution in [1.29, 1.82) is 0 Å². The van der Waals surface area contributed by atoms with E-state index in [4.69, 9.17) is 28.7 Å². The van der Waals surface area contributed by atoms with E-state index in [1.54, 1.807) is 18.2 Å². The molecule has 0 fully saturated rings. The molecule has 0 heterocycles. The van der Waals surface area contributed by atoms with Gasteiger partial charge in [-0.05, 0) is 67.4 Å². The van der Waals surface area contributed by atoms with Crippen LogP contribution in [0.5, 0.6) is 0 Å². The van der Waals surface area contributed by atoms with Crippen molar-refractivity contribution in [2.75, 3.05) is 13.1 Å². The van der Waals surface area contributed by atoms with Crippen LogP contribution < -0.4 is 49.9 Å². The molecule has 0 saturated carbocycles. The van der Waals surface area contributed by atoms with Gasteiger partial charge < -0.3 is 49.9 Å². The summed E-state index contributed by atoms with van der Waals surface area (Å²) in [4.78, 5) is 74.1. The fraction of sp³-hybridized carbons (Fsp3) is 0.417. The first-order valence-electron chi connectivity index (χ1n) is 17.2. The van der Waals surface area contributed by atoms with Crippen molar-refractivity contribution in [3.63, 3.8) is 0 Å². The van der Waals surface area contributed by atoms with Gasteiger partial charge in [-0.2, -0.15) is 0 Å². The minimum atomic E-state index is -1.21. The van der Waals surface area contributed by atoms with Crippen molar-refractivity contribution >= 4 is 47.5 Å². The first-order valence-corrected chi connectivity index (χ1v) is 17.2. The van der Waals surface area contributed by atoms with Gasteiger partial charge in [0.25, 0.3) is 0 Å². The van der Waals surface area contributed by atoms with Crippen LogP contribution in [0.4, 0.5) is 4.39 Å². The van der Waals surface area contributed by atoms with Gasteiger partial charge in [0.1, 0.15) is 30.0 Å². The predicted molar refractivity (Wildman–Crippen MR) is 202 cm³/mol. The highest BCUT2D eigenvalue weighted by Crippen LogP contribution is 2.11. The highest BCUT2D eigenvalue weighted by Gasteiger charge is 2.31. The largest absolute Gasteiger partial charge is 0.370 e. The molecule has 2 rings (SSSR count). The topological polar surface area (TPSA) is 288 Å². The van der Waals surface area contributed by atoms with Crippen LogP contribution in [0.15, 0.2) is 70.7 Å². The number of carbonyl (C=O) groups is 5. The average molecular weight is 738 g/mol. The Kier molecular flexibility index (Phi) is 18.5. The van der Waals surface area contributed by atoms with E-state index in [-0.39, 0.29) is 63.0 Å². The second kappa shape index (κ2) is 22.7. The number of rotatable bonds is 22. The lowest BCUT2D eigenvalue weighted by Gasteiger charge is -2.27. The molecule has 288 valence electrons. The third kappa shape index (κ3) is 17.7. The molecule has 0 saturated heterocycles. The fourth-order valence-electron chi connectivity index (χ4n) is 5.10. The Hall–Kier alpha value is -6.00. The molecule has 16 nitrogen and oxygen atoms in total. The molecule has 0 aromatic heterocycles. The van der Waals surface area contributed by atoms with E-state index in [0.29, 0.717) is 12.0 Å². The maximum absolute atomic E-state index is 13.8. The average Bonchev–Trinajstić information content (AvgIpc) is 3.10. The smallest absolute Gasteiger partial charge is 0.244 e. The number of amides is 5. The van der Waals surface area contributed by atoms with Crippen molar-refractivity contribution in [3.8, 4) is 0 Å². The molecular weight excluding hydrogens is 685 g/mol. The number of carbonyl (C=O) groups excluding carboxylic acids is 5. The Labute approximate surface area is 308 Å². The van der Waals surface area contributed by atoms with Crippen molar-refractivity contribution in [3.05, 3.63) is 77.6 Å². The molecular formula is C36H52FN11O5. The van der Waals surface area contributed by atoms with Crippen molar-refractivity contribution < 1.29 is 28.4 Å². The fourth-order valence-corrected chi connectivity index (χ4v) is 5.10. The van der Waals surface area contributed by atoms with Crippen molar-refractivity contribution in [2.24, 2.45) is 44.6 Å². The summed E-state index contributed by atoms with van der Waals surface area (Å²) in [6, 6.07) is 9.90. The molecule has 0 unspecified atom stereocenters. The molecule has 14 N–H and O–H groups in total. The summed E-state index contributed by atoms with van der Waals surface area (Å²) in [5.74, 6) is -4.26. The molecule has 17 heteroatoms. The van der Waals surface area contributed by atoms with Gasteiger partial charge in [0.15, 0.2) is 11.9 Å². The van der Waals surface area contributed by atoms with E-state index < -0.39 is 59.5 Å². The Bertz CT molecular complexity index is 1590. The molecule has 2 aromatic carbocycles. The van der Waals surface area contributed by atoms with Crippen LogP contribution in [0.1, 0.15) is 57.1 Å². The molecule has 53 heavy (non-hydrogen) atoms. The number of primary amides is 1. The van der Waals surface area contributed by atoms with Crippen LogP contribution >= 0.6 is 0 Å². The third-order valence-corrected chi connectivity index (χ3v) is 7.74. The Balaban J connectivity index is 2.32. The van der Waals surface area contributed by atoms with E-state index in [9.17, 15) is 28.4 Å². The zero-order chi connectivity index (χ0) is 39.3. The van der Waals surface area contributed by atoms with Gasteiger partial charge in [-0.15, -0.1) is 0 Å². The standard InChI is InChI=1S/C36H52FN11O5/c1-22(2)20-28(33(52)46-26(31(38)50)10-6-18-43-35(39)40)48-32(51)27(11-7-19-44-36(41)42)47-34(53)29(21-24-12-15-25(37)16-13-24)45-30(49)17-14-23-8-4-3-5-9-23/h3-5,8-9,12-17,22,26-29H,6-7,10-11,18-21H2,1-2H3,(H2,38,50)(H,45,49)(H,46,52)(H,47,53)(H,48,51)(H4,39,40,43)(H4,41,42,44)/b17-14+/t26-,27-,28-,29-/m0/s1. The van der Waals surface area contributed by atoms with Crippen LogP contribution in [-0.4, -0.2) is 78.7 Å². The third-order valence-electron chi connectivity index (χ3n) is 7.74. The lowest BCUT2D eigenvalue weighted by atomic mass is 10.0. The van der Waals surface area contributed by atoms with Gasteiger partial charge in [0.05, 0.1) is 0 Å². The van der Waals surface area contributed by atoms with Crippen LogP contribution in [0.25, 0.3) is 6.08 Å². The Morgan fingerprint density at radius 2 is 1.19 bits per heavy atom. The molecule has 0 radical (unpaired) electrons. The summed E-state index contributed by atoms with van der Waals surface area (Å²) in [6.45, 7) is 4.03. The molecule has 0 aliphatic heterocycles. The lowest BCUT2D eigenvalue weighted by molar-refractivity contribution is -0.134. The number of nitrogens with one attached hydrogen (secondary N) is 4. The number of benzene rings is 2. The number of aliphatic imine (C=N–C) groups is 2. The Morgan fingerprint density at radius 3 is 1.74 bits per heavy atom. The number of guanidine groups is 2. The number of hydrogen-bond donors (Lipinski definition) is 9. The molecule has 0 spiro atoms. The summed E-state index contributed by atoms with van der Waals surface area (Å²) in [6.07, 6.45) is 3.79. The lowest BCUT2D eigenvalue weighted by Crippen LogP contribution is -2.58. The predicted octanol–water partition coefficient (Wildman–Crippen LogP) is -0.341. The molecule has 0 bridgehead atoms. The van der Waals surface area contributed by atoms with Crippen molar-refractivity contribution in [2.45, 2.75) is 76.5 Å². The van der Waals surface area contributed by atoms with Crippen LogP contribution in [0.3, 0.4) is 0 Å². The summed E-state index contributed by atoms with van der Waals surface area (Å²) >= 11 is 0. The van der Waals surface area contributed by atoms with Crippen LogP contribution in [0, 0.1) is 11.7 Å². The normalized spacial score (nSPS) is 13.2. The van der Waals surface area contributed by atoms with Gasteiger partial charge >= 0.3 is 0 Å². The van der Waals surface area contributed by atoms with Crippen LogP contribution in [0.2, 0.25) is 0 Å². The molecule has 2 aromatic rings. The van der Waals surface area contributed by atoms with E-state index >= 15 is 0 Å². The molecule has 0 aliphatic rings. The zero-order valence-electron chi connectivity index (χ0n) is 30.1. The number of nitrogens with zero attached hydrogens (tertiary/aromatic N) is 2. The van der Waals surface area contributed by atoms with Gasteiger partial charge in [-0.25, -0.2) is 4.39 Å². The molecule has 0 aliphatic carbocycles. The Morgan fingerprint density at radius 1 is 0.679 bits per heavy atom. The quantitative estimate of drug-likeness (QED) is 0.0330. The van der Waals surface area contributed by atoms with Gasteiger partial charge in [-0.1, -0.05) is 56.3 Å². The van der Waals surface area contributed by atoms with Crippen molar-refractivity contribution in [1.82, 2.24) is 21.3 Å². The summed E-state index contributed by atoms with van der Waals surface area (Å²) in [5, 5.41) is 10.7. The highest BCUT2D eigenvalue weighted by atomic mass is 19.1. The van der Waals surface area contributed by atoms with E-state index in [1.165, 1.54) is 30.3 Å². The van der Waals surface area contributed by atoms with E-state index in [0.717, 1.165) is 5.56 Å². The second-order valence-corrected chi connectivity index (χ2v) is 12.7. The summed E-state index contributed by atoms with van der Waals surface area (Å²) in [5.41, 5.74) is 28.4. The first kappa shape index (κ1) is 43.2. The zero-order valence-corrected chi connectivity index (χ0v) is 30.1. The summed E-state index contributed by atoms with van der Waals surface area (Å²) < 4.78 is 13.7. The van der Waals surface area contributed by atoms with E-state index in [2.05, 4.69) is 31.3 Å². The maximum Gasteiger partial charge on any atom is 0.244 e. The number of hydrogen-bond acceptors (Lipinski definition) is 7. The first-order chi connectivity index (χ1) is 25.1. The monoisotopic (exact) mass is 737 g/mol. The molecule has 4 atom stereocenters. The number of nitrogens with two attached hydrogens (primary N) is 5. The van der Waals surface area contributed by atoms with Gasteiger partial charge in [0, 0.05) is 25.6 Å². The highest BCUT2D eigenvalue weighted by molar-refractivity contribution is 5.98.